The van der Waals surface area contributed by atoms with E-state index in [1.807, 2.05) is 6.07 Å². The van der Waals surface area contributed by atoms with E-state index in [0.717, 1.165) is 17.7 Å². The number of nitrogens with one attached hydrogen (secondary N) is 1. The van der Waals surface area contributed by atoms with Crippen molar-refractivity contribution in [3.63, 3.8) is 0 Å². The van der Waals surface area contributed by atoms with Gasteiger partial charge in [-0.15, -0.1) is 11.3 Å². The number of nitrogens with zero attached hydrogens (tertiary/aromatic N) is 1. The Balaban J connectivity index is 1.85. The van der Waals surface area contributed by atoms with E-state index in [9.17, 15) is 13.2 Å². The van der Waals surface area contributed by atoms with Crippen molar-refractivity contribution in [1.29, 1.82) is 0 Å². The van der Waals surface area contributed by atoms with Crippen LogP contribution in [0.4, 0.5) is 0 Å². The Hall–Kier alpha value is -1.61. The molecule has 3 rings (SSSR count). The minimum atomic E-state index is -3.74. The van der Waals surface area contributed by atoms with E-state index in [0.29, 0.717) is 10.9 Å². The third-order valence-corrected chi connectivity index (χ3v) is 6.73. The van der Waals surface area contributed by atoms with Crippen LogP contribution in [0.3, 0.4) is 0 Å². The summed E-state index contributed by atoms with van der Waals surface area (Å²) in [6.07, 6.45) is 1.65. The SMILES string of the molecule is COc1ccc(C(=O)N(C)Cc2ccc(Cl)s2)cc1S(=O)(=O)NC1CC1. The number of rotatable bonds is 7. The third kappa shape index (κ3) is 4.37. The summed E-state index contributed by atoms with van der Waals surface area (Å²) >= 11 is 7.32. The van der Waals surface area contributed by atoms with Crippen molar-refractivity contribution in [2.24, 2.45) is 0 Å². The average Bonchev–Trinajstić information content (AvgIpc) is 3.32. The number of thiophene rings is 1. The number of sulfonamides is 1. The van der Waals surface area contributed by atoms with Crippen LogP contribution < -0.4 is 9.46 Å². The molecule has 6 nitrogen and oxygen atoms in total. The van der Waals surface area contributed by atoms with E-state index < -0.39 is 10.0 Å². The molecule has 0 saturated heterocycles. The van der Waals surface area contributed by atoms with Crippen LogP contribution in [0, 0.1) is 0 Å². The number of halogens is 1. The van der Waals surface area contributed by atoms with Gasteiger partial charge in [0.05, 0.1) is 18.0 Å². The molecule has 26 heavy (non-hydrogen) atoms. The Morgan fingerprint density at radius 3 is 2.65 bits per heavy atom. The van der Waals surface area contributed by atoms with Crippen molar-refractivity contribution in [2.45, 2.75) is 30.3 Å². The van der Waals surface area contributed by atoms with Crippen molar-refractivity contribution in [3.05, 3.63) is 45.1 Å². The normalized spacial score (nSPS) is 14.3. The summed E-state index contributed by atoms with van der Waals surface area (Å²) in [4.78, 5) is 15.2. The molecule has 1 heterocycles. The molecular formula is C17H19ClN2O4S2. The van der Waals surface area contributed by atoms with Crippen LogP contribution in [0.1, 0.15) is 28.1 Å². The molecule has 0 radical (unpaired) electrons. The lowest BCUT2D eigenvalue weighted by molar-refractivity contribution is 0.0786. The van der Waals surface area contributed by atoms with E-state index in [1.165, 1.54) is 35.5 Å². The molecule has 1 N–H and O–H groups in total. The number of methoxy groups -OCH3 is 1. The lowest BCUT2D eigenvalue weighted by Gasteiger charge is -2.18. The Labute approximate surface area is 161 Å². The summed E-state index contributed by atoms with van der Waals surface area (Å²) in [5.41, 5.74) is 0.284. The summed E-state index contributed by atoms with van der Waals surface area (Å²) in [6.45, 7) is 0.394. The van der Waals surface area contributed by atoms with Crippen molar-refractivity contribution >= 4 is 38.9 Å². The van der Waals surface area contributed by atoms with Gasteiger partial charge in [0.2, 0.25) is 10.0 Å². The van der Waals surface area contributed by atoms with Gasteiger partial charge in [-0.2, -0.15) is 0 Å². The number of hydrogen-bond acceptors (Lipinski definition) is 5. The number of benzene rings is 1. The molecule has 1 aromatic heterocycles. The van der Waals surface area contributed by atoms with Gasteiger partial charge in [0.25, 0.3) is 5.91 Å². The van der Waals surface area contributed by atoms with Gasteiger partial charge in [-0.05, 0) is 43.2 Å². The first-order valence-electron chi connectivity index (χ1n) is 8.00. The molecule has 1 aliphatic rings. The fourth-order valence-corrected chi connectivity index (χ4v) is 5.11. The molecule has 140 valence electrons. The highest BCUT2D eigenvalue weighted by atomic mass is 35.5. The quantitative estimate of drug-likeness (QED) is 0.755. The summed E-state index contributed by atoms with van der Waals surface area (Å²) in [6, 6.07) is 8.04. The topological polar surface area (TPSA) is 75.7 Å². The molecule has 0 bridgehead atoms. The second-order valence-electron chi connectivity index (χ2n) is 6.13. The Morgan fingerprint density at radius 1 is 1.35 bits per heavy atom. The van der Waals surface area contributed by atoms with Gasteiger partial charge in [-0.1, -0.05) is 11.6 Å². The summed E-state index contributed by atoms with van der Waals surface area (Å²) in [5.74, 6) is -0.0672. The first kappa shape index (κ1) is 19.2. The van der Waals surface area contributed by atoms with Crippen LogP contribution >= 0.6 is 22.9 Å². The molecule has 1 fully saturated rings. The number of hydrogen-bond donors (Lipinski definition) is 1. The molecule has 0 spiro atoms. The summed E-state index contributed by atoms with van der Waals surface area (Å²) in [5, 5.41) is 0. The fourth-order valence-electron chi connectivity index (χ4n) is 2.47. The zero-order valence-electron chi connectivity index (χ0n) is 14.4. The Morgan fingerprint density at radius 2 is 2.08 bits per heavy atom. The molecule has 1 aromatic carbocycles. The van der Waals surface area contributed by atoms with Gasteiger partial charge in [-0.3, -0.25) is 4.79 Å². The molecule has 1 amide bonds. The third-order valence-electron chi connectivity index (χ3n) is 3.97. The second-order valence-corrected chi connectivity index (χ2v) is 9.61. The number of amides is 1. The standard InChI is InChI=1S/C17H19ClN2O4S2/c1-20(10-13-6-8-16(18)25-13)17(21)11-3-7-14(24-2)15(9-11)26(22,23)19-12-4-5-12/h3,6-9,12,19H,4-5,10H2,1-2H3. The van der Waals surface area contributed by atoms with Crippen LogP contribution in [0.25, 0.3) is 0 Å². The second kappa shape index (κ2) is 7.56. The van der Waals surface area contributed by atoms with Crippen LogP contribution in [0.2, 0.25) is 4.34 Å². The number of ether oxygens (including phenoxy) is 1. The minimum absolute atomic E-state index is 0.0229. The van der Waals surface area contributed by atoms with Crippen LogP contribution in [0.15, 0.2) is 35.2 Å². The maximum atomic E-state index is 12.7. The van der Waals surface area contributed by atoms with E-state index in [1.54, 1.807) is 19.2 Å². The predicted octanol–water partition coefficient (Wildman–Crippen LogP) is 3.12. The molecule has 0 atom stereocenters. The van der Waals surface area contributed by atoms with Crippen molar-refractivity contribution < 1.29 is 17.9 Å². The minimum Gasteiger partial charge on any atom is -0.495 e. The fraction of sp³-hybridized carbons (Fsp3) is 0.353. The maximum Gasteiger partial charge on any atom is 0.253 e. The molecule has 0 unspecified atom stereocenters. The van der Waals surface area contributed by atoms with E-state index in [-0.39, 0.29) is 28.2 Å². The Bertz CT molecular complexity index is 923. The molecule has 9 heteroatoms. The predicted molar refractivity (Wildman–Crippen MR) is 101 cm³/mol. The molecular weight excluding hydrogens is 396 g/mol. The van der Waals surface area contributed by atoms with Crippen LogP contribution in [-0.4, -0.2) is 39.4 Å². The van der Waals surface area contributed by atoms with E-state index >= 15 is 0 Å². The summed E-state index contributed by atoms with van der Waals surface area (Å²) in [7, 11) is -0.672. The van der Waals surface area contributed by atoms with Crippen LogP contribution in [-0.2, 0) is 16.6 Å². The van der Waals surface area contributed by atoms with Gasteiger partial charge in [0, 0.05) is 23.5 Å². The first-order chi connectivity index (χ1) is 12.3. The smallest absolute Gasteiger partial charge is 0.253 e. The van der Waals surface area contributed by atoms with Gasteiger partial charge < -0.3 is 9.64 Å². The maximum absolute atomic E-state index is 12.7. The lowest BCUT2D eigenvalue weighted by Crippen LogP contribution is -2.28. The van der Waals surface area contributed by atoms with Crippen molar-refractivity contribution in [2.75, 3.05) is 14.2 Å². The van der Waals surface area contributed by atoms with Crippen molar-refractivity contribution in [1.82, 2.24) is 9.62 Å². The molecule has 0 aliphatic heterocycles. The first-order valence-corrected chi connectivity index (χ1v) is 10.7. The highest BCUT2D eigenvalue weighted by Gasteiger charge is 2.30. The highest BCUT2D eigenvalue weighted by Crippen LogP contribution is 2.29. The highest BCUT2D eigenvalue weighted by molar-refractivity contribution is 7.89. The largest absolute Gasteiger partial charge is 0.495 e. The van der Waals surface area contributed by atoms with E-state index in [4.69, 9.17) is 16.3 Å². The zero-order valence-corrected chi connectivity index (χ0v) is 16.7. The van der Waals surface area contributed by atoms with Gasteiger partial charge in [0.15, 0.2) is 0 Å². The molecule has 1 saturated carbocycles. The van der Waals surface area contributed by atoms with Gasteiger partial charge >= 0.3 is 0 Å². The van der Waals surface area contributed by atoms with Crippen molar-refractivity contribution in [3.8, 4) is 5.75 Å². The van der Waals surface area contributed by atoms with E-state index in [2.05, 4.69) is 4.72 Å². The number of carbonyl (C=O) groups is 1. The lowest BCUT2D eigenvalue weighted by atomic mass is 10.2. The van der Waals surface area contributed by atoms with Crippen LogP contribution in [0.5, 0.6) is 5.75 Å². The monoisotopic (exact) mass is 414 g/mol. The van der Waals surface area contributed by atoms with Gasteiger partial charge in [-0.25, -0.2) is 13.1 Å². The summed E-state index contributed by atoms with van der Waals surface area (Å²) < 4.78 is 33.6. The number of carbonyl (C=O) groups excluding carboxylic acids is 1. The Kier molecular flexibility index (Phi) is 5.57. The molecule has 2 aromatic rings. The average molecular weight is 415 g/mol. The van der Waals surface area contributed by atoms with Gasteiger partial charge in [0.1, 0.15) is 10.6 Å². The molecule has 1 aliphatic carbocycles. The zero-order chi connectivity index (χ0) is 18.9.